The largest absolute Gasteiger partial charge is 0.306 e. The molecule has 0 amide bonds. The number of aromatic nitrogens is 1. The molecule has 2 rings (SSSR count). The van der Waals surface area contributed by atoms with Crippen molar-refractivity contribution in [2.45, 2.75) is 78.8 Å². The third kappa shape index (κ3) is 3.82. The van der Waals surface area contributed by atoms with Crippen LogP contribution in [-0.4, -0.2) is 11.0 Å². The number of nitrogens with zero attached hydrogens (tertiary/aromatic N) is 1. The summed E-state index contributed by atoms with van der Waals surface area (Å²) in [5, 5.41) is 7.14. The molecule has 1 saturated carbocycles. The second-order valence-corrected chi connectivity index (χ2v) is 8.13. The summed E-state index contributed by atoms with van der Waals surface area (Å²) >= 11 is 1.75. The van der Waals surface area contributed by atoms with Crippen molar-refractivity contribution in [3.63, 3.8) is 0 Å². The molecule has 1 unspecified atom stereocenters. The van der Waals surface area contributed by atoms with E-state index in [4.69, 9.17) is 0 Å². The van der Waals surface area contributed by atoms with Gasteiger partial charge in [-0.2, -0.15) is 0 Å². The van der Waals surface area contributed by atoms with Gasteiger partial charge in [-0.1, -0.05) is 27.2 Å². The van der Waals surface area contributed by atoms with Gasteiger partial charge in [0.15, 0.2) is 0 Å². The van der Waals surface area contributed by atoms with E-state index >= 15 is 0 Å². The minimum atomic E-state index is 0.390. The molecule has 0 spiro atoms. The van der Waals surface area contributed by atoms with E-state index in [-0.39, 0.29) is 0 Å². The number of hydrogen-bond donors (Lipinski definition) is 1. The fraction of sp³-hybridized carbons (Fsp3) is 0.824. The molecule has 114 valence electrons. The minimum absolute atomic E-state index is 0.390. The van der Waals surface area contributed by atoms with Crippen molar-refractivity contribution in [3.8, 4) is 0 Å². The fourth-order valence-corrected chi connectivity index (χ4v) is 4.05. The number of hydrogen-bond acceptors (Lipinski definition) is 3. The van der Waals surface area contributed by atoms with Gasteiger partial charge in [0, 0.05) is 17.5 Å². The summed E-state index contributed by atoms with van der Waals surface area (Å²) in [6.45, 7) is 11.5. The van der Waals surface area contributed by atoms with Crippen molar-refractivity contribution >= 4 is 11.3 Å². The second-order valence-electron chi connectivity index (χ2n) is 7.07. The molecule has 1 aromatic heterocycles. The normalized spacial score (nSPS) is 25.6. The van der Waals surface area contributed by atoms with Gasteiger partial charge in [0.2, 0.25) is 0 Å². The summed E-state index contributed by atoms with van der Waals surface area (Å²) in [5.41, 5.74) is 1.73. The summed E-state index contributed by atoms with van der Waals surface area (Å²) in [5.74, 6) is 0.905. The van der Waals surface area contributed by atoms with Crippen LogP contribution in [0.1, 0.15) is 76.5 Å². The summed E-state index contributed by atoms with van der Waals surface area (Å²) in [6, 6.07) is 1.07. The van der Waals surface area contributed by atoms with Crippen LogP contribution in [-0.2, 0) is 0 Å². The smallest absolute Gasteiger partial charge is 0.0898 e. The van der Waals surface area contributed by atoms with E-state index in [1.807, 2.05) is 0 Å². The van der Waals surface area contributed by atoms with Gasteiger partial charge in [0.25, 0.3) is 0 Å². The highest BCUT2D eigenvalue weighted by atomic mass is 32.1. The first-order valence-electron chi connectivity index (χ1n) is 8.10. The molecule has 1 N–H and O–H groups in total. The molecular weight excluding hydrogens is 264 g/mol. The molecule has 1 fully saturated rings. The van der Waals surface area contributed by atoms with E-state index in [0.717, 1.165) is 5.92 Å². The Labute approximate surface area is 128 Å². The first kappa shape index (κ1) is 16.0. The average Bonchev–Trinajstić information content (AvgIpc) is 2.86. The lowest BCUT2D eigenvalue weighted by Gasteiger charge is -2.39. The Morgan fingerprint density at radius 1 is 1.35 bits per heavy atom. The van der Waals surface area contributed by atoms with Crippen molar-refractivity contribution in [1.82, 2.24) is 10.3 Å². The highest BCUT2D eigenvalue weighted by molar-refractivity contribution is 7.09. The molecule has 2 nitrogen and oxygen atoms in total. The maximum atomic E-state index is 4.60. The van der Waals surface area contributed by atoms with Crippen LogP contribution in [0.5, 0.6) is 0 Å². The van der Waals surface area contributed by atoms with Crippen LogP contribution in [0.3, 0.4) is 0 Å². The topological polar surface area (TPSA) is 24.9 Å². The van der Waals surface area contributed by atoms with Gasteiger partial charge in [0.05, 0.1) is 10.7 Å². The molecule has 3 heteroatoms. The molecule has 0 bridgehead atoms. The van der Waals surface area contributed by atoms with Crippen LogP contribution in [0.4, 0.5) is 0 Å². The Kier molecular flexibility index (Phi) is 5.25. The van der Waals surface area contributed by atoms with Gasteiger partial charge < -0.3 is 5.32 Å². The van der Waals surface area contributed by atoms with Gasteiger partial charge >= 0.3 is 0 Å². The van der Waals surface area contributed by atoms with Crippen LogP contribution in [0.25, 0.3) is 0 Å². The first-order chi connectivity index (χ1) is 9.42. The fourth-order valence-electron chi connectivity index (χ4n) is 3.35. The van der Waals surface area contributed by atoms with E-state index in [2.05, 4.69) is 50.3 Å². The third-order valence-electron chi connectivity index (χ3n) is 5.31. The standard InChI is InChI=1S/C17H30N2S/c1-6-17(4,5)14-7-9-15(10-8-14)18-12(2)16-11-20-13(3)19-16/h11-12,14-15,18H,6-10H2,1-5H3. The monoisotopic (exact) mass is 294 g/mol. The zero-order valence-corrected chi connectivity index (χ0v) is 14.5. The van der Waals surface area contributed by atoms with Crippen LogP contribution < -0.4 is 5.32 Å². The van der Waals surface area contributed by atoms with E-state index < -0.39 is 0 Å². The van der Waals surface area contributed by atoms with Crippen LogP contribution >= 0.6 is 11.3 Å². The van der Waals surface area contributed by atoms with Gasteiger partial charge in [0.1, 0.15) is 0 Å². The van der Waals surface area contributed by atoms with Gasteiger partial charge in [-0.05, 0) is 50.9 Å². The lowest BCUT2D eigenvalue weighted by molar-refractivity contribution is 0.134. The lowest BCUT2D eigenvalue weighted by Crippen LogP contribution is -2.38. The third-order valence-corrected chi connectivity index (χ3v) is 6.10. The Hall–Kier alpha value is -0.410. The highest BCUT2D eigenvalue weighted by Crippen LogP contribution is 2.40. The molecule has 1 atom stereocenters. The summed E-state index contributed by atoms with van der Waals surface area (Å²) in [7, 11) is 0. The van der Waals surface area contributed by atoms with Gasteiger partial charge in [-0.25, -0.2) is 4.98 Å². The molecule has 1 heterocycles. The summed E-state index contributed by atoms with van der Waals surface area (Å²) in [6.07, 6.45) is 6.69. The predicted octanol–water partition coefficient (Wildman–Crippen LogP) is 5.10. The lowest BCUT2D eigenvalue weighted by atomic mass is 9.69. The van der Waals surface area contributed by atoms with Crippen LogP contribution in [0.15, 0.2) is 5.38 Å². The average molecular weight is 295 g/mol. The Morgan fingerprint density at radius 2 is 2.00 bits per heavy atom. The summed E-state index contributed by atoms with van der Waals surface area (Å²) in [4.78, 5) is 4.60. The molecule has 0 radical (unpaired) electrons. The minimum Gasteiger partial charge on any atom is -0.306 e. The van der Waals surface area contributed by atoms with E-state index in [1.165, 1.54) is 42.8 Å². The number of rotatable bonds is 5. The predicted molar refractivity (Wildman–Crippen MR) is 88.2 cm³/mol. The molecule has 0 aliphatic heterocycles. The van der Waals surface area contributed by atoms with E-state index in [9.17, 15) is 0 Å². The zero-order chi connectivity index (χ0) is 14.8. The maximum Gasteiger partial charge on any atom is 0.0898 e. The van der Waals surface area contributed by atoms with Crippen LogP contribution in [0.2, 0.25) is 0 Å². The molecular formula is C17H30N2S. The van der Waals surface area contributed by atoms with Crippen LogP contribution in [0, 0.1) is 18.3 Å². The number of nitrogens with one attached hydrogen (secondary N) is 1. The van der Waals surface area contributed by atoms with Gasteiger partial charge in [-0.3, -0.25) is 0 Å². The van der Waals surface area contributed by atoms with E-state index in [1.54, 1.807) is 11.3 Å². The molecule has 20 heavy (non-hydrogen) atoms. The quantitative estimate of drug-likeness (QED) is 0.817. The number of aryl methyl sites for hydroxylation is 1. The second kappa shape index (κ2) is 6.57. The Bertz CT molecular complexity index is 416. The zero-order valence-electron chi connectivity index (χ0n) is 13.7. The molecule has 1 aliphatic rings. The van der Waals surface area contributed by atoms with Crippen molar-refractivity contribution in [2.75, 3.05) is 0 Å². The molecule has 1 aliphatic carbocycles. The van der Waals surface area contributed by atoms with Crippen molar-refractivity contribution in [3.05, 3.63) is 16.1 Å². The number of thiazole rings is 1. The van der Waals surface area contributed by atoms with Crippen molar-refractivity contribution < 1.29 is 0 Å². The Morgan fingerprint density at radius 3 is 2.50 bits per heavy atom. The van der Waals surface area contributed by atoms with Crippen molar-refractivity contribution in [2.24, 2.45) is 11.3 Å². The first-order valence-corrected chi connectivity index (χ1v) is 8.98. The summed E-state index contributed by atoms with van der Waals surface area (Å²) < 4.78 is 0. The molecule has 1 aromatic rings. The molecule has 0 saturated heterocycles. The molecule has 0 aromatic carbocycles. The van der Waals surface area contributed by atoms with Gasteiger partial charge in [-0.15, -0.1) is 11.3 Å². The SMILES string of the molecule is CCC(C)(C)C1CCC(NC(C)c2csc(C)n2)CC1. The van der Waals surface area contributed by atoms with E-state index in [0.29, 0.717) is 17.5 Å². The Balaban J connectivity index is 1.82. The van der Waals surface area contributed by atoms with Crippen molar-refractivity contribution in [1.29, 1.82) is 0 Å². The maximum absolute atomic E-state index is 4.60. The highest BCUT2D eigenvalue weighted by Gasteiger charge is 2.32.